The predicted molar refractivity (Wildman–Crippen MR) is 52.0 cm³/mol. The smallest absolute Gasteiger partial charge is 0.234 e. The minimum Gasteiger partial charge on any atom is -0.296 e. The number of amides is 2. The Morgan fingerprint density at radius 1 is 1.29 bits per heavy atom. The molecule has 1 atom stereocenters. The lowest BCUT2D eigenvalue weighted by Crippen LogP contribution is -2.21. The van der Waals surface area contributed by atoms with Crippen LogP contribution in [0.4, 0.5) is 0 Å². The van der Waals surface area contributed by atoms with Crippen molar-refractivity contribution in [2.75, 3.05) is 0 Å². The molecule has 0 aliphatic carbocycles. The van der Waals surface area contributed by atoms with Crippen LogP contribution in [-0.4, -0.2) is 11.8 Å². The third-order valence-electron chi connectivity index (χ3n) is 2.25. The number of hydrogen-bond acceptors (Lipinski definition) is 2. The van der Waals surface area contributed by atoms with Gasteiger partial charge in [0.25, 0.3) is 0 Å². The van der Waals surface area contributed by atoms with Crippen LogP contribution in [0.5, 0.6) is 0 Å². The van der Waals surface area contributed by atoms with Crippen molar-refractivity contribution in [3.8, 4) is 0 Å². The Hall–Kier alpha value is -1.35. The molecule has 1 fully saturated rings. The Bertz CT molecular complexity index is 403. The van der Waals surface area contributed by atoms with Gasteiger partial charge in [0.05, 0.1) is 5.92 Å². The molecule has 0 spiro atoms. The molecule has 0 aromatic heterocycles. The Morgan fingerprint density at radius 2 is 2.00 bits per heavy atom. The van der Waals surface area contributed by atoms with Gasteiger partial charge < -0.3 is 0 Å². The van der Waals surface area contributed by atoms with Crippen LogP contribution in [0.1, 0.15) is 17.9 Å². The molecular formula is C10H8ClNO2. The first-order valence-electron chi connectivity index (χ1n) is 4.26. The van der Waals surface area contributed by atoms with E-state index in [-0.39, 0.29) is 18.2 Å². The first kappa shape index (κ1) is 9.21. The normalized spacial score (nSPS) is 21.1. The van der Waals surface area contributed by atoms with Crippen molar-refractivity contribution in [3.05, 3.63) is 34.9 Å². The topological polar surface area (TPSA) is 46.2 Å². The molecule has 1 aliphatic rings. The molecule has 0 radical (unpaired) electrons. The number of nitrogens with one attached hydrogen (secondary N) is 1. The van der Waals surface area contributed by atoms with Gasteiger partial charge in [-0.1, -0.05) is 29.8 Å². The van der Waals surface area contributed by atoms with Crippen molar-refractivity contribution in [1.82, 2.24) is 5.32 Å². The molecule has 1 saturated heterocycles. The van der Waals surface area contributed by atoms with Gasteiger partial charge in [-0.05, 0) is 11.6 Å². The number of halogens is 1. The standard InChI is InChI=1S/C10H8ClNO2/c11-8-4-2-1-3-6(8)7-5-9(13)12-10(7)14/h1-4,7H,5H2,(H,12,13,14). The van der Waals surface area contributed by atoms with E-state index in [1.54, 1.807) is 24.3 Å². The molecule has 2 rings (SSSR count). The number of benzene rings is 1. The fourth-order valence-corrected chi connectivity index (χ4v) is 1.83. The fraction of sp³-hybridized carbons (Fsp3) is 0.200. The monoisotopic (exact) mass is 209 g/mol. The van der Waals surface area contributed by atoms with Gasteiger partial charge in [0.1, 0.15) is 0 Å². The Labute approximate surface area is 86.1 Å². The highest BCUT2D eigenvalue weighted by molar-refractivity contribution is 6.31. The maximum Gasteiger partial charge on any atom is 0.234 e. The molecule has 0 saturated carbocycles. The average molecular weight is 210 g/mol. The van der Waals surface area contributed by atoms with E-state index < -0.39 is 5.92 Å². The number of rotatable bonds is 1. The summed E-state index contributed by atoms with van der Waals surface area (Å²) in [5.74, 6) is -0.917. The van der Waals surface area contributed by atoms with E-state index >= 15 is 0 Å². The summed E-state index contributed by atoms with van der Waals surface area (Å²) in [6.45, 7) is 0. The molecule has 4 heteroatoms. The predicted octanol–water partition coefficient (Wildman–Crippen LogP) is 1.47. The lowest BCUT2D eigenvalue weighted by molar-refractivity contribution is -0.125. The van der Waals surface area contributed by atoms with Crippen LogP contribution in [0.3, 0.4) is 0 Å². The molecule has 0 bridgehead atoms. The SMILES string of the molecule is O=C1CC(c2ccccc2Cl)C(=O)N1. The van der Waals surface area contributed by atoms with E-state index in [0.29, 0.717) is 5.02 Å². The van der Waals surface area contributed by atoms with Crippen LogP contribution in [0.2, 0.25) is 5.02 Å². The number of imide groups is 1. The van der Waals surface area contributed by atoms with Gasteiger partial charge >= 0.3 is 0 Å². The highest BCUT2D eigenvalue weighted by Gasteiger charge is 2.32. The van der Waals surface area contributed by atoms with Gasteiger partial charge in [-0.3, -0.25) is 14.9 Å². The lowest BCUT2D eigenvalue weighted by Gasteiger charge is -2.07. The zero-order chi connectivity index (χ0) is 10.1. The summed E-state index contributed by atoms with van der Waals surface area (Å²) in [6.07, 6.45) is 0.197. The van der Waals surface area contributed by atoms with E-state index in [2.05, 4.69) is 5.32 Å². The summed E-state index contributed by atoms with van der Waals surface area (Å²) < 4.78 is 0. The molecule has 1 aromatic rings. The van der Waals surface area contributed by atoms with E-state index in [1.165, 1.54) is 0 Å². The molecule has 1 heterocycles. The Morgan fingerprint density at radius 3 is 2.57 bits per heavy atom. The second-order valence-electron chi connectivity index (χ2n) is 3.19. The largest absolute Gasteiger partial charge is 0.296 e. The summed E-state index contributed by atoms with van der Waals surface area (Å²) in [4.78, 5) is 22.3. The van der Waals surface area contributed by atoms with Crippen molar-refractivity contribution >= 4 is 23.4 Å². The first-order valence-corrected chi connectivity index (χ1v) is 4.64. The molecule has 1 unspecified atom stereocenters. The summed E-state index contributed by atoms with van der Waals surface area (Å²) in [7, 11) is 0. The minimum atomic E-state index is -0.420. The third kappa shape index (κ3) is 1.51. The average Bonchev–Trinajstić information content (AvgIpc) is 2.46. The van der Waals surface area contributed by atoms with E-state index in [0.717, 1.165) is 5.56 Å². The maximum absolute atomic E-state index is 11.3. The molecule has 1 N–H and O–H groups in total. The van der Waals surface area contributed by atoms with Gasteiger partial charge in [-0.15, -0.1) is 0 Å². The molecule has 1 aliphatic heterocycles. The van der Waals surface area contributed by atoms with Crippen molar-refractivity contribution < 1.29 is 9.59 Å². The molecule has 2 amide bonds. The van der Waals surface area contributed by atoms with Gasteiger partial charge in [0.2, 0.25) is 11.8 Å². The van der Waals surface area contributed by atoms with Gasteiger partial charge in [0, 0.05) is 11.4 Å². The van der Waals surface area contributed by atoms with Crippen molar-refractivity contribution in [3.63, 3.8) is 0 Å². The lowest BCUT2D eigenvalue weighted by atomic mass is 9.98. The minimum absolute atomic E-state index is 0.197. The van der Waals surface area contributed by atoms with Crippen LogP contribution in [-0.2, 0) is 9.59 Å². The van der Waals surface area contributed by atoms with Crippen LogP contribution in [0, 0.1) is 0 Å². The maximum atomic E-state index is 11.3. The number of hydrogen-bond donors (Lipinski definition) is 1. The molecular weight excluding hydrogens is 202 g/mol. The van der Waals surface area contributed by atoms with Gasteiger partial charge in [-0.2, -0.15) is 0 Å². The summed E-state index contributed by atoms with van der Waals surface area (Å²) >= 11 is 5.93. The van der Waals surface area contributed by atoms with Crippen molar-refractivity contribution in [2.45, 2.75) is 12.3 Å². The van der Waals surface area contributed by atoms with Gasteiger partial charge in [-0.25, -0.2) is 0 Å². The van der Waals surface area contributed by atoms with Crippen LogP contribution < -0.4 is 5.32 Å². The first-order chi connectivity index (χ1) is 6.68. The highest BCUT2D eigenvalue weighted by atomic mass is 35.5. The second-order valence-corrected chi connectivity index (χ2v) is 3.60. The molecule has 14 heavy (non-hydrogen) atoms. The van der Waals surface area contributed by atoms with Crippen LogP contribution in [0.15, 0.2) is 24.3 Å². The molecule has 1 aromatic carbocycles. The Balaban J connectivity index is 2.36. The van der Waals surface area contributed by atoms with E-state index in [4.69, 9.17) is 11.6 Å². The van der Waals surface area contributed by atoms with E-state index in [1.807, 2.05) is 0 Å². The van der Waals surface area contributed by atoms with Crippen LogP contribution >= 0.6 is 11.6 Å². The highest BCUT2D eigenvalue weighted by Crippen LogP contribution is 2.29. The van der Waals surface area contributed by atoms with E-state index in [9.17, 15) is 9.59 Å². The zero-order valence-corrected chi connectivity index (χ0v) is 8.04. The second kappa shape index (κ2) is 3.42. The van der Waals surface area contributed by atoms with Crippen LogP contribution in [0.25, 0.3) is 0 Å². The third-order valence-corrected chi connectivity index (χ3v) is 2.59. The zero-order valence-electron chi connectivity index (χ0n) is 7.29. The van der Waals surface area contributed by atoms with Crippen molar-refractivity contribution in [2.24, 2.45) is 0 Å². The summed E-state index contributed by atoms with van der Waals surface area (Å²) in [5, 5.41) is 2.79. The fourth-order valence-electron chi connectivity index (χ4n) is 1.56. The summed E-state index contributed by atoms with van der Waals surface area (Å²) in [5.41, 5.74) is 0.720. The van der Waals surface area contributed by atoms with Gasteiger partial charge in [0.15, 0.2) is 0 Å². The summed E-state index contributed by atoms with van der Waals surface area (Å²) in [6, 6.07) is 7.08. The number of carbonyl (C=O) groups is 2. The number of carbonyl (C=O) groups excluding carboxylic acids is 2. The molecule has 72 valence electrons. The molecule has 3 nitrogen and oxygen atoms in total. The Kier molecular flexibility index (Phi) is 2.25. The quantitative estimate of drug-likeness (QED) is 0.712. The van der Waals surface area contributed by atoms with Crippen molar-refractivity contribution in [1.29, 1.82) is 0 Å².